The predicted molar refractivity (Wildman–Crippen MR) is 49.6 cm³/mol. The van der Waals surface area contributed by atoms with Crippen LogP contribution in [0.1, 0.15) is 5.89 Å². The second-order valence-electron chi connectivity index (χ2n) is 2.85. The molecule has 2 aromatic rings. The van der Waals surface area contributed by atoms with Crippen LogP contribution in [0.3, 0.4) is 0 Å². The summed E-state index contributed by atoms with van der Waals surface area (Å²) in [5.41, 5.74) is 4.22. The van der Waals surface area contributed by atoms with E-state index in [9.17, 15) is 0 Å². The molecule has 0 amide bonds. The SMILES string of the molecule is c1ccc2oc(C3=NNCO3)nc2c1. The summed E-state index contributed by atoms with van der Waals surface area (Å²) in [5, 5.41) is 3.89. The molecule has 5 heteroatoms. The monoisotopic (exact) mass is 189 g/mol. The van der Waals surface area contributed by atoms with Crippen molar-refractivity contribution in [1.82, 2.24) is 10.4 Å². The van der Waals surface area contributed by atoms with Gasteiger partial charge >= 0.3 is 0 Å². The Hall–Kier alpha value is -2.04. The fourth-order valence-corrected chi connectivity index (χ4v) is 1.31. The Balaban J connectivity index is 2.14. The molecule has 5 nitrogen and oxygen atoms in total. The number of ether oxygens (including phenoxy) is 1. The van der Waals surface area contributed by atoms with Gasteiger partial charge in [-0.1, -0.05) is 12.1 Å². The van der Waals surface area contributed by atoms with Gasteiger partial charge in [-0.25, -0.2) is 4.98 Å². The van der Waals surface area contributed by atoms with Crippen LogP contribution in [-0.4, -0.2) is 17.6 Å². The molecule has 14 heavy (non-hydrogen) atoms. The summed E-state index contributed by atoms with van der Waals surface area (Å²) in [6.45, 7) is 0.369. The standard InChI is InChI=1S/C9H7N3O2/c1-2-4-7-6(3-1)11-8(14-7)9-12-10-5-13-9/h1-4,10H,5H2. The van der Waals surface area contributed by atoms with Gasteiger partial charge in [0.25, 0.3) is 11.8 Å². The minimum absolute atomic E-state index is 0.369. The van der Waals surface area contributed by atoms with Gasteiger partial charge in [0.15, 0.2) is 12.3 Å². The smallest absolute Gasteiger partial charge is 0.297 e. The second kappa shape index (κ2) is 2.73. The van der Waals surface area contributed by atoms with Gasteiger partial charge in [-0.2, -0.15) is 0 Å². The van der Waals surface area contributed by atoms with Crippen LogP contribution >= 0.6 is 0 Å². The maximum atomic E-state index is 5.45. The molecule has 0 spiro atoms. The predicted octanol–water partition coefficient (Wildman–Crippen LogP) is 1.07. The van der Waals surface area contributed by atoms with E-state index in [4.69, 9.17) is 9.15 Å². The molecular formula is C9H7N3O2. The molecule has 1 N–H and O–H groups in total. The number of aromatic nitrogens is 1. The molecule has 0 fully saturated rings. The molecule has 3 rings (SSSR count). The Morgan fingerprint density at radius 1 is 1.29 bits per heavy atom. The minimum atomic E-state index is 0.369. The van der Waals surface area contributed by atoms with E-state index >= 15 is 0 Å². The molecule has 1 aromatic heterocycles. The zero-order valence-corrected chi connectivity index (χ0v) is 7.23. The van der Waals surface area contributed by atoms with Crippen molar-refractivity contribution in [3.63, 3.8) is 0 Å². The van der Waals surface area contributed by atoms with Gasteiger partial charge < -0.3 is 9.15 Å². The van der Waals surface area contributed by atoms with Crippen molar-refractivity contribution >= 4 is 17.0 Å². The van der Waals surface area contributed by atoms with Crippen molar-refractivity contribution in [3.05, 3.63) is 30.2 Å². The van der Waals surface area contributed by atoms with Crippen LogP contribution in [0.4, 0.5) is 0 Å². The quantitative estimate of drug-likeness (QED) is 0.728. The fourth-order valence-electron chi connectivity index (χ4n) is 1.31. The number of para-hydroxylation sites is 2. The van der Waals surface area contributed by atoms with E-state index in [1.165, 1.54) is 0 Å². The molecule has 1 aromatic carbocycles. The number of rotatable bonds is 1. The molecule has 0 aliphatic carbocycles. The van der Waals surface area contributed by atoms with Crippen LogP contribution in [0.5, 0.6) is 0 Å². The Morgan fingerprint density at radius 2 is 2.21 bits per heavy atom. The van der Waals surface area contributed by atoms with Gasteiger partial charge in [0.1, 0.15) is 5.52 Å². The fraction of sp³-hybridized carbons (Fsp3) is 0.111. The number of benzene rings is 1. The zero-order valence-electron chi connectivity index (χ0n) is 7.23. The van der Waals surface area contributed by atoms with Gasteiger partial charge in [-0.3, -0.25) is 5.43 Å². The highest BCUT2D eigenvalue weighted by Gasteiger charge is 2.16. The molecule has 0 bridgehead atoms. The van der Waals surface area contributed by atoms with E-state index in [1.807, 2.05) is 24.3 Å². The number of fused-ring (bicyclic) bond motifs is 1. The summed E-state index contributed by atoms with van der Waals surface area (Å²) in [5.74, 6) is 0.817. The van der Waals surface area contributed by atoms with E-state index in [1.54, 1.807) is 0 Å². The molecule has 1 aliphatic rings. The molecule has 0 saturated carbocycles. The molecule has 0 saturated heterocycles. The Labute approximate surface area is 79.4 Å². The number of hydrogen-bond acceptors (Lipinski definition) is 5. The highest BCUT2D eigenvalue weighted by Crippen LogP contribution is 2.16. The second-order valence-corrected chi connectivity index (χ2v) is 2.85. The molecular weight excluding hydrogens is 182 g/mol. The van der Waals surface area contributed by atoms with Crippen molar-refractivity contribution in [1.29, 1.82) is 0 Å². The first kappa shape index (κ1) is 7.37. The van der Waals surface area contributed by atoms with Crippen molar-refractivity contribution < 1.29 is 9.15 Å². The summed E-state index contributed by atoms with van der Waals surface area (Å²) in [6.07, 6.45) is 0. The number of hydrazone groups is 1. The van der Waals surface area contributed by atoms with Crippen LogP contribution in [0.2, 0.25) is 0 Å². The van der Waals surface area contributed by atoms with Crippen LogP contribution < -0.4 is 5.43 Å². The topological polar surface area (TPSA) is 59.7 Å². The van der Waals surface area contributed by atoms with E-state index in [0.717, 1.165) is 11.1 Å². The summed E-state index contributed by atoms with van der Waals surface area (Å²) in [4.78, 5) is 4.23. The molecule has 0 radical (unpaired) electrons. The van der Waals surface area contributed by atoms with Gasteiger partial charge in [0.2, 0.25) is 0 Å². The van der Waals surface area contributed by atoms with Gasteiger partial charge in [0, 0.05) is 0 Å². The lowest BCUT2D eigenvalue weighted by atomic mass is 10.3. The largest absolute Gasteiger partial charge is 0.450 e. The molecule has 0 atom stereocenters. The number of hydrogen-bond donors (Lipinski definition) is 1. The van der Waals surface area contributed by atoms with Crippen molar-refractivity contribution in [3.8, 4) is 0 Å². The highest BCUT2D eigenvalue weighted by atomic mass is 16.5. The molecule has 1 aliphatic heterocycles. The molecule has 0 unspecified atom stereocenters. The Kier molecular flexibility index (Phi) is 1.44. The molecule has 70 valence electrons. The number of oxazole rings is 1. The zero-order chi connectivity index (χ0) is 9.38. The highest BCUT2D eigenvalue weighted by molar-refractivity contribution is 5.92. The first-order chi connectivity index (χ1) is 6.93. The van der Waals surface area contributed by atoms with Crippen molar-refractivity contribution in [2.45, 2.75) is 0 Å². The minimum Gasteiger partial charge on any atom is -0.450 e. The van der Waals surface area contributed by atoms with Gasteiger partial charge in [-0.15, -0.1) is 5.10 Å². The van der Waals surface area contributed by atoms with Crippen LogP contribution in [-0.2, 0) is 4.74 Å². The lowest BCUT2D eigenvalue weighted by Gasteiger charge is -1.90. The third-order valence-electron chi connectivity index (χ3n) is 1.93. The average molecular weight is 189 g/mol. The summed E-state index contributed by atoms with van der Waals surface area (Å²) in [6, 6.07) is 7.54. The summed E-state index contributed by atoms with van der Waals surface area (Å²) < 4.78 is 10.6. The summed E-state index contributed by atoms with van der Waals surface area (Å²) in [7, 11) is 0. The van der Waals surface area contributed by atoms with E-state index in [-0.39, 0.29) is 0 Å². The van der Waals surface area contributed by atoms with Crippen molar-refractivity contribution in [2.24, 2.45) is 5.10 Å². The first-order valence-corrected chi connectivity index (χ1v) is 4.23. The lowest BCUT2D eigenvalue weighted by Crippen LogP contribution is -2.02. The maximum Gasteiger partial charge on any atom is 0.297 e. The third-order valence-corrected chi connectivity index (χ3v) is 1.93. The van der Waals surface area contributed by atoms with Crippen LogP contribution in [0.25, 0.3) is 11.1 Å². The van der Waals surface area contributed by atoms with E-state index in [2.05, 4.69) is 15.5 Å². The lowest BCUT2D eigenvalue weighted by molar-refractivity contribution is 0.309. The van der Waals surface area contributed by atoms with Crippen LogP contribution in [0.15, 0.2) is 33.8 Å². The van der Waals surface area contributed by atoms with E-state index < -0.39 is 0 Å². The summed E-state index contributed by atoms with van der Waals surface area (Å²) >= 11 is 0. The third kappa shape index (κ3) is 1.02. The first-order valence-electron chi connectivity index (χ1n) is 4.23. The average Bonchev–Trinajstić information content (AvgIpc) is 2.86. The van der Waals surface area contributed by atoms with E-state index in [0.29, 0.717) is 18.5 Å². The Morgan fingerprint density at radius 3 is 3.00 bits per heavy atom. The van der Waals surface area contributed by atoms with Crippen molar-refractivity contribution in [2.75, 3.05) is 6.73 Å². The molecule has 2 heterocycles. The number of nitrogens with zero attached hydrogens (tertiary/aromatic N) is 2. The maximum absolute atomic E-state index is 5.45. The normalized spacial score (nSPS) is 15.0. The van der Waals surface area contributed by atoms with Crippen LogP contribution in [0, 0.1) is 0 Å². The van der Waals surface area contributed by atoms with Gasteiger partial charge in [0.05, 0.1) is 0 Å². The number of nitrogens with one attached hydrogen (secondary N) is 1. The Bertz CT molecular complexity index is 470. The van der Waals surface area contributed by atoms with Gasteiger partial charge in [-0.05, 0) is 12.1 Å².